The van der Waals surface area contributed by atoms with E-state index in [1.807, 2.05) is 30.3 Å². The van der Waals surface area contributed by atoms with Gasteiger partial charge in [-0.1, -0.05) is 36.4 Å². The first kappa shape index (κ1) is 17.5. The minimum Gasteiger partial charge on any atom is -0.455 e. The molecule has 2 aromatic heterocycles. The number of aromatic nitrogens is 1. The SMILES string of the molecule is O=P(O)(O)CCCCn1c2ccccc2c2c3oc4ccccc4c3ccc21. The third kappa shape index (κ3) is 2.83. The largest absolute Gasteiger partial charge is 0.455 e. The van der Waals surface area contributed by atoms with Crippen LogP contribution in [0.1, 0.15) is 12.8 Å². The van der Waals surface area contributed by atoms with Gasteiger partial charge in [-0.15, -0.1) is 0 Å². The van der Waals surface area contributed by atoms with Gasteiger partial charge in [-0.25, -0.2) is 0 Å². The first-order valence-electron chi connectivity index (χ1n) is 9.39. The van der Waals surface area contributed by atoms with Gasteiger partial charge in [0.25, 0.3) is 0 Å². The van der Waals surface area contributed by atoms with E-state index in [1.165, 1.54) is 0 Å². The van der Waals surface area contributed by atoms with Crippen molar-refractivity contribution in [2.45, 2.75) is 19.4 Å². The second kappa shape index (κ2) is 6.49. The van der Waals surface area contributed by atoms with Gasteiger partial charge in [0.15, 0.2) is 0 Å². The van der Waals surface area contributed by atoms with Crippen molar-refractivity contribution in [1.29, 1.82) is 0 Å². The third-order valence-electron chi connectivity index (χ3n) is 5.36. The molecule has 0 saturated carbocycles. The molecular weight excluding hydrogens is 373 g/mol. The fourth-order valence-electron chi connectivity index (χ4n) is 4.14. The molecule has 0 atom stereocenters. The first-order chi connectivity index (χ1) is 13.5. The van der Waals surface area contributed by atoms with Crippen LogP contribution in [0.3, 0.4) is 0 Å². The van der Waals surface area contributed by atoms with Gasteiger partial charge in [0, 0.05) is 34.4 Å². The van der Waals surface area contributed by atoms with Crippen LogP contribution in [0.25, 0.3) is 43.7 Å². The number of aryl methyl sites for hydroxylation is 1. The molecule has 0 aliphatic heterocycles. The Morgan fingerprint density at radius 3 is 2.39 bits per heavy atom. The van der Waals surface area contributed by atoms with Crippen molar-refractivity contribution in [3.8, 4) is 0 Å². The predicted molar refractivity (Wildman–Crippen MR) is 113 cm³/mol. The van der Waals surface area contributed by atoms with Crippen LogP contribution in [0.2, 0.25) is 0 Å². The fraction of sp³-hybridized carbons (Fsp3) is 0.182. The monoisotopic (exact) mass is 393 g/mol. The lowest BCUT2D eigenvalue weighted by molar-refractivity contribution is 0.370. The molecule has 0 fully saturated rings. The lowest BCUT2D eigenvalue weighted by Gasteiger charge is -2.08. The van der Waals surface area contributed by atoms with Crippen molar-refractivity contribution in [2.24, 2.45) is 0 Å². The van der Waals surface area contributed by atoms with Gasteiger partial charge in [-0.2, -0.15) is 0 Å². The zero-order chi connectivity index (χ0) is 19.3. The van der Waals surface area contributed by atoms with Crippen LogP contribution in [0.4, 0.5) is 0 Å². The molecule has 0 aliphatic carbocycles. The molecule has 0 amide bonds. The Morgan fingerprint density at radius 2 is 1.57 bits per heavy atom. The van der Waals surface area contributed by atoms with E-state index < -0.39 is 7.60 Å². The number of para-hydroxylation sites is 2. The molecule has 28 heavy (non-hydrogen) atoms. The van der Waals surface area contributed by atoms with Gasteiger partial charge in [0.05, 0.1) is 10.9 Å². The lowest BCUT2D eigenvalue weighted by Crippen LogP contribution is -1.99. The van der Waals surface area contributed by atoms with E-state index in [2.05, 4.69) is 34.9 Å². The van der Waals surface area contributed by atoms with Crippen LogP contribution in [-0.2, 0) is 11.1 Å². The van der Waals surface area contributed by atoms with Gasteiger partial charge < -0.3 is 18.8 Å². The molecule has 142 valence electrons. The second-order valence-electron chi connectivity index (χ2n) is 7.20. The van der Waals surface area contributed by atoms with Crippen molar-refractivity contribution >= 4 is 51.3 Å². The van der Waals surface area contributed by atoms with Crippen molar-refractivity contribution in [3.05, 3.63) is 60.7 Å². The van der Waals surface area contributed by atoms with E-state index in [-0.39, 0.29) is 6.16 Å². The number of fused-ring (bicyclic) bond motifs is 7. The highest BCUT2D eigenvalue weighted by Gasteiger charge is 2.17. The Labute approximate surface area is 161 Å². The minimum absolute atomic E-state index is 0.0715. The highest BCUT2D eigenvalue weighted by molar-refractivity contribution is 7.51. The maximum Gasteiger partial charge on any atom is 0.325 e. The molecule has 0 unspecified atom stereocenters. The highest BCUT2D eigenvalue weighted by Crippen LogP contribution is 2.39. The molecule has 0 spiro atoms. The fourth-order valence-corrected chi connectivity index (χ4v) is 4.78. The van der Waals surface area contributed by atoms with Gasteiger partial charge in [0.2, 0.25) is 0 Å². The quantitative estimate of drug-likeness (QED) is 0.299. The summed E-state index contributed by atoms with van der Waals surface area (Å²) in [4.78, 5) is 18.2. The average molecular weight is 393 g/mol. The van der Waals surface area contributed by atoms with Gasteiger partial charge in [0.1, 0.15) is 11.2 Å². The Kier molecular flexibility index (Phi) is 4.06. The third-order valence-corrected chi connectivity index (χ3v) is 6.26. The molecular formula is C22H20NO4P. The Hall–Kier alpha value is -2.59. The van der Waals surface area contributed by atoms with Crippen molar-refractivity contribution < 1.29 is 18.8 Å². The lowest BCUT2D eigenvalue weighted by atomic mass is 10.1. The topological polar surface area (TPSA) is 75.6 Å². The number of nitrogens with zero attached hydrogens (tertiary/aromatic N) is 1. The van der Waals surface area contributed by atoms with Crippen molar-refractivity contribution in [2.75, 3.05) is 6.16 Å². The Bertz CT molecular complexity index is 1380. The molecule has 0 radical (unpaired) electrons. The normalized spacial score (nSPS) is 12.6. The molecule has 5 nitrogen and oxygen atoms in total. The molecule has 6 heteroatoms. The van der Waals surface area contributed by atoms with Crippen LogP contribution >= 0.6 is 7.60 Å². The zero-order valence-corrected chi connectivity index (χ0v) is 16.1. The number of hydrogen-bond acceptors (Lipinski definition) is 2. The number of furan rings is 1. The second-order valence-corrected chi connectivity index (χ2v) is 8.98. The number of unbranched alkanes of at least 4 members (excludes halogenated alkanes) is 1. The van der Waals surface area contributed by atoms with Crippen LogP contribution in [0.15, 0.2) is 65.1 Å². The average Bonchev–Trinajstić information content (AvgIpc) is 3.20. The standard InChI is InChI=1S/C22H20NO4P/c24-28(25,26)14-6-5-13-23-18-9-3-1-8-17(18)21-19(23)12-11-16-15-7-2-4-10-20(15)27-22(16)21/h1-4,7-12H,5-6,13-14H2,(H2,24,25,26). The van der Waals surface area contributed by atoms with E-state index in [4.69, 9.17) is 14.2 Å². The summed E-state index contributed by atoms with van der Waals surface area (Å²) in [6, 6.07) is 20.5. The van der Waals surface area contributed by atoms with Crippen LogP contribution in [0.5, 0.6) is 0 Å². The van der Waals surface area contributed by atoms with E-state index in [9.17, 15) is 4.57 Å². The molecule has 5 rings (SSSR count). The highest BCUT2D eigenvalue weighted by atomic mass is 31.2. The summed E-state index contributed by atoms with van der Waals surface area (Å²) in [5.74, 6) is 0. The Balaban J connectivity index is 1.69. The zero-order valence-electron chi connectivity index (χ0n) is 15.2. The molecule has 2 heterocycles. The number of benzene rings is 3. The molecule has 0 bridgehead atoms. The van der Waals surface area contributed by atoms with E-state index >= 15 is 0 Å². The summed E-state index contributed by atoms with van der Waals surface area (Å²) in [7, 11) is -3.94. The summed E-state index contributed by atoms with van der Waals surface area (Å²) in [5, 5.41) is 4.45. The summed E-state index contributed by atoms with van der Waals surface area (Å²) in [6.45, 7) is 0.704. The molecule has 5 aromatic rings. The first-order valence-corrected chi connectivity index (χ1v) is 11.2. The van der Waals surface area contributed by atoms with Gasteiger partial charge >= 0.3 is 7.60 Å². The Morgan fingerprint density at radius 1 is 0.821 bits per heavy atom. The van der Waals surface area contributed by atoms with Crippen LogP contribution in [0, 0.1) is 0 Å². The molecule has 2 N–H and O–H groups in total. The summed E-state index contributed by atoms with van der Waals surface area (Å²) < 4.78 is 19.6. The molecule has 0 aliphatic rings. The van der Waals surface area contributed by atoms with Gasteiger partial charge in [-0.05, 0) is 37.1 Å². The summed E-state index contributed by atoms with van der Waals surface area (Å²) in [5.41, 5.74) is 3.97. The van der Waals surface area contributed by atoms with Crippen LogP contribution < -0.4 is 0 Å². The van der Waals surface area contributed by atoms with Gasteiger partial charge in [-0.3, -0.25) is 4.57 Å². The van der Waals surface area contributed by atoms with E-state index in [0.29, 0.717) is 19.4 Å². The number of hydrogen-bond donors (Lipinski definition) is 2. The molecule has 0 saturated heterocycles. The predicted octanol–water partition coefficient (Wildman–Crippen LogP) is 5.65. The summed E-state index contributed by atoms with van der Waals surface area (Å²) >= 11 is 0. The number of rotatable bonds is 5. The maximum absolute atomic E-state index is 11.1. The van der Waals surface area contributed by atoms with Crippen molar-refractivity contribution in [3.63, 3.8) is 0 Å². The van der Waals surface area contributed by atoms with Crippen LogP contribution in [-0.4, -0.2) is 20.5 Å². The van der Waals surface area contributed by atoms with E-state index in [0.717, 1.165) is 43.7 Å². The van der Waals surface area contributed by atoms with E-state index in [1.54, 1.807) is 0 Å². The summed E-state index contributed by atoms with van der Waals surface area (Å²) in [6.07, 6.45) is 1.13. The maximum atomic E-state index is 11.1. The smallest absolute Gasteiger partial charge is 0.325 e. The van der Waals surface area contributed by atoms with Crippen molar-refractivity contribution in [1.82, 2.24) is 4.57 Å². The minimum atomic E-state index is -3.94. The molecule has 3 aromatic carbocycles.